The van der Waals surface area contributed by atoms with Gasteiger partial charge in [-0.05, 0) is 50.6 Å². The Hall–Kier alpha value is -3.76. The molecule has 5 rings (SSSR count). The molecular weight excluding hydrogens is 458 g/mol. The Bertz CT molecular complexity index is 1340. The van der Waals surface area contributed by atoms with Crippen LogP contribution in [0.3, 0.4) is 0 Å². The summed E-state index contributed by atoms with van der Waals surface area (Å²) in [5, 5.41) is 23.6. The molecule has 3 aromatic heterocycles. The van der Waals surface area contributed by atoms with E-state index in [1.165, 1.54) is 6.33 Å². The highest BCUT2D eigenvalue weighted by atomic mass is 16.5. The number of nitrogens with one attached hydrogen (secondary N) is 1. The first-order valence-electron chi connectivity index (χ1n) is 12.0. The summed E-state index contributed by atoms with van der Waals surface area (Å²) >= 11 is 0. The van der Waals surface area contributed by atoms with Crippen molar-refractivity contribution >= 4 is 16.7 Å². The van der Waals surface area contributed by atoms with Crippen LogP contribution in [0, 0.1) is 13.8 Å². The first-order valence-corrected chi connectivity index (χ1v) is 12.0. The molecule has 4 heterocycles. The highest BCUT2D eigenvalue weighted by Crippen LogP contribution is 2.35. The van der Waals surface area contributed by atoms with E-state index in [9.17, 15) is 5.11 Å². The fourth-order valence-electron chi connectivity index (χ4n) is 4.06. The smallest absolute Gasteiger partial charge is 0.159 e. The molecule has 1 fully saturated rings. The largest absolute Gasteiger partial charge is 0.488 e. The molecule has 1 saturated heterocycles. The summed E-state index contributed by atoms with van der Waals surface area (Å²) in [6, 6.07) is 7.53. The topological polar surface area (TPSA) is 128 Å². The Morgan fingerprint density at radius 1 is 1.06 bits per heavy atom. The van der Waals surface area contributed by atoms with Crippen molar-refractivity contribution < 1.29 is 14.6 Å². The summed E-state index contributed by atoms with van der Waals surface area (Å²) in [7, 11) is 0. The highest BCUT2D eigenvalue weighted by Gasteiger charge is 2.31. The van der Waals surface area contributed by atoms with E-state index in [0.717, 1.165) is 27.9 Å². The molecule has 0 spiro atoms. The number of ether oxygens (including phenoxy) is 2. The standard InChI is InChI=1S/C26H29N7O3/c1-16-12-27-24(28-13-16)19-10-20-23(22(11-19)36-14-26(34)6-8-35-9-7-26)29-15-30-25(20)31-18(3)21-5-4-17(2)32-33-21/h4-5,10-13,15,18,34H,6-9,14H2,1-3H3,(H,29,30,31). The molecule has 186 valence electrons. The molecule has 2 N–H and O–H groups in total. The lowest BCUT2D eigenvalue weighted by Crippen LogP contribution is -2.41. The van der Waals surface area contributed by atoms with Crippen LogP contribution in [0.1, 0.15) is 42.8 Å². The normalized spacial score (nSPS) is 16.0. The van der Waals surface area contributed by atoms with Crippen molar-refractivity contribution in [1.82, 2.24) is 30.1 Å². The maximum Gasteiger partial charge on any atom is 0.159 e. The molecule has 0 bridgehead atoms. The van der Waals surface area contributed by atoms with Crippen molar-refractivity contribution in [2.45, 2.75) is 45.3 Å². The van der Waals surface area contributed by atoms with Crippen molar-refractivity contribution in [2.75, 3.05) is 25.1 Å². The zero-order valence-corrected chi connectivity index (χ0v) is 20.6. The molecule has 1 aromatic carbocycles. The average Bonchev–Trinajstić information content (AvgIpc) is 2.89. The Morgan fingerprint density at radius 2 is 1.83 bits per heavy atom. The van der Waals surface area contributed by atoms with Crippen molar-refractivity contribution in [1.29, 1.82) is 0 Å². The number of aromatic nitrogens is 6. The molecule has 0 amide bonds. The van der Waals surface area contributed by atoms with Gasteiger partial charge in [-0.1, -0.05) is 0 Å². The lowest BCUT2D eigenvalue weighted by atomic mass is 9.96. The van der Waals surface area contributed by atoms with E-state index in [1.54, 1.807) is 12.4 Å². The Balaban J connectivity index is 1.54. The van der Waals surface area contributed by atoms with Gasteiger partial charge in [-0.2, -0.15) is 10.2 Å². The molecule has 0 aliphatic carbocycles. The molecule has 1 atom stereocenters. The first kappa shape index (κ1) is 24.0. The summed E-state index contributed by atoms with van der Waals surface area (Å²) < 4.78 is 11.6. The monoisotopic (exact) mass is 487 g/mol. The third-order valence-corrected chi connectivity index (χ3v) is 6.28. The van der Waals surface area contributed by atoms with Crippen LogP contribution in [-0.2, 0) is 4.74 Å². The summed E-state index contributed by atoms with van der Waals surface area (Å²) in [5.41, 5.74) is 3.06. The lowest BCUT2D eigenvalue weighted by Gasteiger charge is -2.31. The van der Waals surface area contributed by atoms with Crippen molar-refractivity contribution in [2.24, 2.45) is 0 Å². The average molecular weight is 488 g/mol. The molecule has 0 radical (unpaired) electrons. The number of anilines is 1. The van der Waals surface area contributed by atoms with Crippen LogP contribution in [-0.4, -0.2) is 60.7 Å². The molecule has 10 nitrogen and oxygen atoms in total. The SMILES string of the molecule is Cc1cnc(-c2cc(OCC3(O)CCOCC3)c3ncnc(NC(C)c4ccc(C)nn4)c3c2)nc1. The quantitative estimate of drug-likeness (QED) is 0.399. The number of hydrogen-bond donors (Lipinski definition) is 2. The van der Waals surface area contributed by atoms with Gasteiger partial charge in [-0.25, -0.2) is 19.9 Å². The van der Waals surface area contributed by atoms with Crippen LogP contribution in [0.4, 0.5) is 5.82 Å². The fourth-order valence-corrected chi connectivity index (χ4v) is 4.06. The number of rotatable bonds is 7. The van der Waals surface area contributed by atoms with E-state index < -0.39 is 5.60 Å². The van der Waals surface area contributed by atoms with E-state index in [1.807, 2.05) is 45.0 Å². The molecule has 1 aliphatic heterocycles. The molecule has 1 aliphatic rings. The van der Waals surface area contributed by atoms with Crippen molar-refractivity contribution in [3.8, 4) is 17.1 Å². The maximum absolute atomic E-state index is 11.0. The van der Waals surface area contributed by atoms with Crippen LogP contribution in [0.2, 0.25) is 0 Å². The summed E-state index contributed by atoms with van der Waals surface area (Å²) in [5.74, 6) is 1.71. The van der Waals surface area contributed by atoms with Gasteiger partial charge < -0.3 is 19.9 Å². The van der Waals surface area contributed by atoms with E-state index in [-0.39, 0.29) is 12.6 Å². The van der Waals surface area contributed by atoms with Crippen LogP contribution in [0.25, 0.3) is 22.3 Å². The second kappa shape index (κ2) is 10.1. The number of hydrogen-bond acceptors (Lipinski definition) is 10. The minimum atomic E-state index is -0.951. The molecule has 36 heavy (non-hydrogen) atoms. The minimum Gasteiger partial charge on any atom is -0.488 e. The van der Waals surface area contributed by atoms with Crippen LogP contribution >= 0.6 is 0 Å². The van der Waals surface area contributed by atoms with Crippen LogP contribution < -0.4 is 10.1 Å². The summed E-state index contributed by atoms with van der Waals surface area (Å²) in [6.45, 7) is 6.99. The molecule has 1 unspecified atom stereocenters. The van der Waals surface area contributed by atoms with Gasteiger partial charge in [-0.15, -0.1) is 0 Å². The van der Waals surface area contributed by atoms with Gasteiger partial charge in [0, 0.05) is 49.4 Å². The van der Waals surface area contributed by atoms with Gasteiger partial charge >= 0.3 is 0 Å². The van der Waals surface area contributed by atoms with Gasteiger partial charge in [0.05, 0.1) is 17.4 Å². The first-order chi connectivity index (χ1) is 17.4. The predicted molar refractivity (Wildman–Crippen MR) is 135 cm³/mol. The number of nitrogens with zero attached hydrogens (tertiary/aromatic N) is 6. The highest BCUT2D eigenvalue weighted by molar-refractivity contribution is 5.96. The second-order valence-corrected chi connectivity index (χ2v) is 9.27. The van der Waals surface area contributed by atoms with E-state index in [2.05, 4.69) is 35.5 Å². The maximum atomic E-state index is 11.0. The third-order valence-electron chi connectivity index (χ3n) is 6.28. The Labute approximate surface area is 209 Å². The van der Waals surface area contributed by atoms with E-state index in [4.69, 9.17) is 9.47 Å². The molecule has 0 saturated carbocycles. The number of aryl methyl sites for hydroxylation is 2. The van der Waals surface area contributed by atoms with Gasteiger partial charge in [-0.3, -0.25) is 0 Å². The number of aliphatic hydroxyl groups is 1. The van der Waals surface area contributed by atoms with Crippen molar-refractivity contribution in [3.05, 3.63) is 59.9 Å². The number of benzene rings is 1. The Morgan fingerprint density at radius 3 is 2.56 bits per heavy atom. The van der Waals surface area contributed by atoms with Gasteiger partial charge in [0.2, 0.25) is 0 Å². The number of fused-ring (bicyclic) bond motifs is 1. The summed E-state index contributed by atoms with van der Waals surface area (Å²) in [4.78, 5) is 18.0. The third kappa shape index (κ3) is 5.24. The van der Waals surface area contributed by atoms with Gasteiger partial charge in [0.15, 0.2) is 5.82 Å². The Kier molecular flexibility index (Phi) is 6.71. The predicted octanol–water partition coefficient (Wildman–Crippen LogP) is 3.59. The second-order valence-electron chi connectivity index (χ2n) is 9.27. The van der Waals surface area contributed by atoms with Crippen molar-refractivity contribution in [3.63, 3.8) is 0 Å². The lowest BCUT2D eigenvalue weighted by molar-refractivity contribution is -0.0853. The fraction of sp³-hybridized carbons (Fsp3) is 0.385. The summed E-state index contributed by atoms with van der Waals surface area (Å²) in [6.07, 6.45) is 6.08. The van der Waals surface area contributed by atoms with Crippen LogP contribution in [0.15, 0.2) is 43.0 Å². The molecule has 10 heteroatoms. The molecule has 4 aromatic rings. The van der Waals surface area contributed by atoms with Crippen LogP contribution in [0.5, 0.6) is 5.75 Å². The van der Waals surface area contributed by atoms with Gasteiger partial charge in [0.25, 0.3) is 0 Å². The van der Waals surface area contributed by atoms with E-state index in [0.29, 0.717) is 49.0 Å². The van der Waals surface area contributed by atoms with E-state index >= 15 is 0 Å². The van der Waals surface area contributed by atoms with Gasteiger partial charge in [0.1, 0.15) is 35.6 Å². The molecular formula is C26H29N7O3. The minimum absolute atomic E-state index is 0.131. The zero-order valence-electron chi connectivity index (χ0n) is 20.6. The zero-order chi connectivity index (χ0) is 25.1.